The monoisotopic (exact) mass is 527 g/mol. The zero-order chi connectivity index (χ0) is 19.7. The SMILES string of the molecule is COC1(C)CC(NC(=NCC2CCS(=O)(=O)C2)NC2CCCCC2)C1(C)C.I. The van der Waals surface area contributed by atoms with Gasteiger partial charge in [0.1, 0.15) is 0 Å². The van der Waals surface area contributed by atoms with Crippen molar-refractivity contribution < 1.29 is 13.2 Å². The lowest BCUT2D eigenvalue weighted by Gasteiger charge is -2.59. The molecule has 3 aliphatic rings. The van der Waals surface area contributed by atoms with Crippen molar-refractivity contribution >= 4 is 39.8 Å². The number of ether oxygens (including phenoxy) is 1. The standard InChI is InChI=1S/C20H37N3O3S.HI/c1-19(2)17(12-20(19,3)26-4)23-18(22-16-8-6-5-7-9-16)21-13-15-10-11-27(24,25)14-15;/h15-17H,5-14H2,1-4H3,(H2,21,22,23);1H. The molecule has 2 N–H and O–H groups in total. The number of hydrogen-bond acceptors (Lipinski definition) is 4. The molecule has 0 aromatic heterocycles. The Balaban J connectivity index is 0.00000280. The Labute approximate surface area is 188 Å². The highest BCUT2D eigenvalue weighted by Crippen LogP contribution is 2.51. The molecule has 0 spiro atoms. The molecule has 0 radical (unpaired) electrons. The first-order chi connectivity index (χ1) is 12.7. The normalized spacial score (nSPS) is 34.9. The van der Waals surface area contributed by atoms with Crippen LogP contribution in [0.25, 0.3) is 0 Å². The van der Waals surface area contributed by atoms with Gasteiger partial charge in [-0.2, -0.15) is 0 Å². The Morgan fingerprint density at radius 1 is 1.11 bits per heavy atom. The molecule has 3 fully saturated rings. The molecular formula is C20H38IN3O3S. The average molecular weight is 528 g/mol. The minimum Gasteiger partial charge on any atom is -0.378 e. The van der Waals surface area contributed by atoms with E-state index in [2.05, 4.69) is 31.4 Å². The third-order valence-electron chi connectivity index (χ3n) is 7.37. The highest BCUT2D eigenvalue weighted by atomic mass is 127. The first-order valence-electron chi connectivity index (χ1n) is 10.5. The number of aliphatic imine (C=N–C) groups is 1. The first-order valence-corrected chi connectivity index (χ1v) is 12.3. The van der Waals surface area contributed by atoms with E-state index in [0.29, 0.717) is 24.4 Å². The van der Waals surface area contributed by atoms with Gasteiger partial charge in [0.15, 0.2) is 15.8 Å². The van der Waals surface area contributed by atoms with Gasteiger partial charge in [0.25, 0.3) is 0 Å². The summed E-state index contributed by atoms with van der Waals surface area (Å²) in [6, 6.07) is 0.763. The summed E-state index contributed by atoms with van der Waals surface area (Å²) in [5.74, 6) is 1.60. The summed E-state index contributed by atoms with van der Waals surface area (Å²) in [6.45, 7) is 7.22. The van der Waals surface area contributed by atoms with Crippen LogP contribution in [0.5, 0.6) is 0 Å². The van der Waals surface area contributed by atoms with Gasteiger partial charge in [-0.25, -0.2) is 8.42 Å². The van der Waals surface area contributed by atoms with E-state index >= 15 is 0 Å². The molecule has 2 saturated carbocycles. The van der Waals surface area contributed by atoms with Gasteiger partial charge in [0.05, 0.1) is 17.1 Å². The van der Waals surface area contributed by atoms with Gasteiger partial charge in [-0.3, -0.25) is 4.99 Å². The second-order valence-corrected chi connectivity index (χ2v) is 11.7. The Kier molecular flexibility index (Phi) is 8.09. The van der Waals surface area contributed by atoms with Gasteiger partial charge in [0.2, 0.25) is 0 Å². The molecular weight excluding hydrogens is 489 g/mol. The van der Waals surface area contributed by atoms with Crippen LogP contribution >= 0.6 is 24.0 Å². The topological polar surface area (TPSA) is 79.8 Å². The zero-order valence-corrected chi connectivity index (χ0v) is 20.9. The summed E-state index contributed by atoms with van der Waals surface area (Å²) in [5.41, 5.74) is -0.117. The summed E-state index contributed by atoms with van der Waals surface area (Å²) in [7, 11) is -1.07. The van der Waals surface area contributed by atoms with E-state index in [4.69, 9.17) is 9.73 Å². The second-order valence-electron chi connectivity index (χ2n) is 9.50. The van der Waals surface area contributed by atoms with Gasteiger partial charge >= 0.3 is 0 Å². The third-order valence-corrected chi connectivity index (χ3v) is 9.21. The highest BCUT2D eigenvalue weighted by Gasteiger charge is 2.58. The molecule has 1 saturated heterocycles. The largest absolute Gasteiger partial charge is 0.378 e. The summed E-state index contributed by atoms with van der Waals surface area (Å²) in [6.07, 6.45) is 7.90. The Morgan fingerprint density at radius 2 is 1.79 bits per heavy atom. The fourth-order valence-corrected chi connectivity index (χ4v) is 6.55. The van der Waals surface area contributed by atoms with Crippen LogP contribution in [0.3, 0.4) is 0 Å². The molecule has 3 atom stereocenters. The number of rotatable bonds is 5. The molecule has 3 unspecified atom stereocenters. The van der Waals surface area contributed by atoms with Crippen molar-refractivity contribution in [2.75, 3.05) is 25.2 Å². The molecule has 0 amide bonds. The van der Waals surface area contributed by atoms with Crippen LogP contribution in [-0.4, -0.2) is 57.2 Å². The van der Waals surface area contributed by atoms with E-state index in [1.54, 1.807) is 7.11 Å². The number of halogens is 1. The maximum absolute atomic E-state index is 11.7. The van der Waals surface area contributed by atoms with Gasteiger partial charge in [-0.05, 0) is 38.5 Å². The molecule has 0 bridgehead atoms. The van der Waals surface area contributed by atoms with E-state index in [1.165, 1.54) is 32.1 Å². The smallest absolute Gasteiger partial charge is 0.191 e. The number of nitrogens with zero attached hydrogens (tertiary/aromatic N) is 1. The lowest BCUT2D eigenvalue weighted by molar-refractivity contribution is -0.176. The van der Waals surface area contributed by atoms with Crippen LogP contribution in [0, 0.1) is 11.3 Å². The summed E-state index contributed by atoms with van der Waals surface area (Å²) < 4.78 is 29.2. The van der Waals surface area contributed by atoms with Crippen LogP contribution in [0.1, 0.15) is 65.7 Å². The van der Waals surface area contributed by atoms with Crippen LogP contribution < -0.4 is 10.6 Å². The number of hydrogen-bond donors (Lipinski definition) is 2. The van der Waals surface area contributed by atoms with Crippen LogP contribution in [0.15, 0.2) is 4.99 Å². The molecule has 1 aliphatic heterocycles. The van der Waals surface area contributed by atoms with E-state index < -0.39 is 9.84 Å². The predicted octanol–water partition coefficient (Wildman–Crippen LogP) is 3.11. The highest BCUT2D eigenvalue weighted by molar-refractivity contribution is 14.0. The van der Waals surface area contributed by atoms with E-state index in [-0.39, 0.29) is 46.7 Å². The molecule has 6 nitrogen and oxygen atoms in total. The average Bonchev–Trinajstić information content (AvgIpc) is 2.98. The van der Waals surface area contributed by atoms with Crippen molar-refractivity contribution in [2.24, 2.45) is 16.3 Å². The summed E-state index contributed by atoms with van der Waals surface area (Å²) >= 11 is 0. The second kappa shape index (κ2) is 9.37. The molecule has 0 aromatic rings. The van der Waals surface area contributed by atoms with Gasteiger partial charge in [-0.1, -0.05) is 33.1 Å². The fraction of sp³-hybridized carbons (Fsp3) is 0.950. The van der Waals surface area contributed by atoms with E-state index in [1.807, 2.05) is 0 Å². The molecule has 28 heavy (non-hydrogen) atoms. The van der Waals surface area contributed by atoms with Crippen molar-refractivity contribution in [3.63, 3.8) is 0 Å². The molecule has 8 heteroatoms. The van der Waals surface area contributed by atoms with Crippen molar-refractivity contribution in [3.8, 4) is 0 Å². The van der Waals surface area contributed by atoms with Crippen LogP contribution in [0.4, 0.5) is 0 Å². The van der Waals surface area contributed by atoms with Gasteiger partial charge in [-0.15, -0.1) is 24.0 Å². The molecule has 2 aliphatic carbocycles. The first kappa shape index (κ1) is 24.2. The molecule has 3 rings (SSSR count). The molecule has 164 valence electrons. The van der Waals surface area contributed by atoms with Crippen molar-refractivity contribution in [2.45, 2.75) is 83.4 Å². The maximum atomic E-state index is 11.7. The summed E-state index contributed by atoms with van der Waals surface area (Å²) in [5, 5.41) is 7.27. The minimum atomic E-state index is -2.85. The van der Waals surface area contributed by atoms with Crippen LogP contribution in [-0.2, 0) is 14.6 Å². The Hall–Kier alpha value is -0.0900. The van der Waals surface area contributed by atoms with Gasteiger partial charge < -0.3 is 15.4 Å². The minimum absolute atomic E-state index is 0. The van der Waals surface area contributed by atoms with Gasteiger partial charge in [0, 0.05) is 31.2 Å². The third kappa shape index (κ3) is 5.33. The predicted molar refractivity (Wildman–Crippen MR) is 125 cm³/mol. The quantitative estimate of drug-likeness (QED) is 0.327. The lowest BCUT2D eigenvalue weighted by Crippen LogP contribution is -2.69. The van der Waals surface area contributed by atoms with Crippen LogP contribution in [0.2, 0.25) is 0 Å². The molecule has 0 aromatic carbocycles. The number of methoxy groups -OCH3 is 1. The van der Waals surface area contributed by atoms with Crippen molar-refractivity contribution in [1.29, 1.82) is 0 Å². The van der Waals surface area contributed by atoms with Crippen molar-refractivity contribution in [3.05, 3.63) is 0 Å². The van der Waals surface area contributed by atoms with E-state index in [0.717, 1.165) is 18.8 Å². The lowest BCUT2D eigenvalue weighted by atomic mass is 9.56. The molecule has 1 heterocycles. The number of sulfone groups is 1. The Bertz CT molecular complexity index is 662. The summed E-state index contributed by atoms with van der Waals surface area (Å²) in [4.78, 5) is 4.82. The van der Waals surface area contributed by atoms with Crippen molar-refractivity contribution in [1.82, 2.24) is 10.6 Å². The number of nitrogens with one attached hydrogen (secondary N) is 2. The Morgan fingerprint density at radius 3 is 2.32 bits per heavy atom. The fourth-order valence-electron chi connectivity index (χ4n) is 4.70. The number of guanidine groups is 1. The van der Waals surface area contributed by atoms with E-state index in [9.17, 15) is 8.42 Å². The maximum Gasteiger partial charge on any atom is 0.191 e. The zero-order valence-electron chi connectivity index (χ0n) is 17.8.